The molecule has 1 aromatic heterocycles. The van der Waals surface area contributed by atoms with Gasteiger partial charge in [-0.05, 0) is 37.1 Å². The third kappa shape index (κ3) is 2.06. The molecule has 0 unspecified atom stereocenters. The van der Waals surface area contributed by atoms with Crippen molar-refractivity contribution in [3.63, 3.8) is 0 Å². The molecule has 18 heavy (non-hydrogen) atoms. The van der Waals surface area contributed by atoms with Crippen molar-refractivity contribution in [3.8, 4) is 11.5 Å². The molecule has 0 bridgehead atoms. The molecule has 92 valence electrons. The van der Waals surface area contributed by atoms with Crippen molar-refractivity contribution in [2.75, 3.05) is 0 Å². The maximum Gasteiger partial charge on any atom is 0.373 e. The first kappa shape index (κ1) is 11.5. The zero-order chi connectivity index (χ0) is 12.7. The van der Waals surface area contributed by atoms with E-state index in [1.54, 1.807) is 0 Å². The zero-order valence-corrected chi connectivity index (χ0v) is 11.0. The van der Waals surface area contributed by atoms with Crippen molar-refractivity contribution >= 4 is 21.9 Å². The van der Waals surface area contributed by atoms with Gasteiger partial charge in [-0.25, -0.2) is 9.78 Å². The lowest BCUT2D eigenvalue weighted by Crippen LogP contribution is -1.98. The van der Waals surface area contributed by atoms with E-state index in [9.17, 15) is 4.79 Å². The van der Waals surface area contributed by atoms with Gasteiger partial charge in [0.1, 0.15) is 0 Å². The smallest absolute Gasteiger partial charge is 0.373 e. The van der Waals surface area contributed by atoms with Crippen LogP contribution in [0.15, 0.2) is 33.2 Å². The Kier molecular flexibility index (Phi) is 2.70. The molecule has 0 amide bonds. The number of aromatic nitrogens is 1. The number of carboxylic acids is 1. The minimum absolute atomic E-state index is 0.0181. The first-order chi connectivity index (χ1) is 8.65. The van der Waals surface area contributed by atoms with Gasteiger partial charge >= 0.3 is 5.97 Å². The van der Waals surface area contributed by atoms with E-state index < -0.39 is 5.97 Å². The van der Waals surface area contributed by atoms with Crippen LogP contribution < -0.4 is 0 Å². The monoisotopic (exact) mass is 307 g/mol. The molecule has 1 heterocycles. The van der Waals surface area contributed by atoms with Crippen LogP contribution in [0.1, 0.15) is 35.0 Å². The molecule has 1 fully saturated rings. The van der Waals surface area contributed by atoms with E-state index in [1.807, 2.05) is 24.3 Å². The number of carboxylic acid groups (broad SMARTS) is 1. The van der Waals surface area contributed by atoms with Gasteiger partial charge in [-0.15, -0.1) is 0 Å². The SMILES string of the molecule is O=C(O)c1oc(-c2ccc(Br)cc2)nc1C1CC1. The number of rotatable bonds is 3. The van der Waals surface area contributed by atoms with Gasteiger partial charge in [0.15, 0.2) is 0 Å². The Hall–Kier alpha value is -1.62. The number of hydrogen-bond acceptors (Lipinski definition) is 3. The molecule has 2 aromatic rings. The third-order valence-corrected chi connectivity index (χ3v) is 3.43. The lowest BCUT2D eigenvalue weighted by molar-refractivity contribution is 0.0661. The predicted octanol–water partition coefficient (Wildman–Crippen LogP) is 3.68. The van der Waals surface area contributed by atoms with E-state index in [-0.39, 0.29) is 11.7 Å². The Morgan fingerprint density at radius 2 is 2.00 bits per heavy atom. The Labute approximate surface area is 112 Å². The Bertz CT molecular complexity index is 599. The van der Waals surface area contributed by atoms with Crippen molar-refractivity contribution in [1.29, 1.82) is 0 Å². The number of aromatic carboxylic acids is 1. The fraction of sp³-hybridized carbons (Fsp3) is 0.231. The summed E-state index contributed by atoms with van der Waals surface area (Å²) in [5.74, 6) is -0.436. The van der Waals surface area contributed by atoms with Crippen LogP contribution in [-0.2, 0) is 0 Å². The fourth-order valence-electron chi connectivity index (χ4n) is 1.83. The maximum absolute atomic E-state index is 11.1. The van der Waals surface area contributed by atoms with Crippen LogP contribution in [0.4, 0.5) is 0 Å². The topological polar surface area (TPSA) is 63.3 Å². The van der Waals surface area contributed by atoms with Gasteiger partial charge in [0.05, 0.1) is 5.69 Å². The van der Waals surface area contributed by atoms with Crippen molar-refractivity contribution in [3.05, 3.63) is 40.2 Å². The first-order valence-corrected chi connectivity index (χ1v) is 6.44. The summed E-state index contributed by atoms with van der Waals surface area (Å²) in [6.07, 6.45) is 1.99. The van der Waals surface area contributed by atoms with Crippen LogP contribution in [0.2, 0.25) is 0 Å². The summed E-state index contributed by atoms with van der Waals surface area (Å²) in [7, 11) is 0. The van der Waals surface area contributed by atoms with Gasteiger partial charge in [0.2, 0.25) is 11.7 Å². The van der Waals surface area contributed by atoms with E-state index in [4.69, 9.17) is 9.52 Å². The van der Waals surface area contributed by atoms with Crippen LogP contribution in [0.25, 0.3) is 11.5 Å². The van der Waals surface area contributed by atoms with E-state index in [2.05, 4.69) is 20.9 Å². The molecule has 0 radical (unpaired) electrons. The summed E-state index contributed by atoms with van der Waals surface area (Å²) in [5, 5.41) is 9.11. The van der Waals surface area contributed by atoms with Crippen LogP contribution in [-0.4, -0.2) is 16.1 Å². The molecule has 0 aliphatic heterocycles. The van der Waals surface area contributed by atoms with Gasteiger partial charge in [-0.1, -0.05) is 15.9 Å². The molecule has 1 aliphatic carbocycles. The molecule has 1 aliphatic rings. The van der Waals surface area contributed by atoms with Crippen LogP contribution in [0.3, 0.4) is 0 Å². The van der Waals surface area contributed by atoms with Crippen molar-refractivity contribution in [2.24, 2.45) is 0 Å². The van der Waals surface area contributed by atoms with Crippen molar-refractivity contribution in [1.82, 2.24) is 4.98 Å². The lowest BCUT2D eigenvalue weighted by Gasteiger charge is -1.94. The predicted molar refractivity (Wildman–Crippen MR) is 68.6 cm³/mol. The second-order valence-electron chi connectivity index (χ2n) is 4.32. The van der Waals surface area contributed by atoms with Gasteiger partial charge in [0.25, 0.3) is 0 Å². The van der Waals surface area contributed by atoms with Gasteiger partial charge < -0.3 is 9.52 Å². The maximum atomic E-state index is 11.1. The Balaban J connectivity index is 2.04. The fourth-order valence-corrected chi connectivity index (χ4v) is 2.10. The Morgan fingerprint density at radius 3 is 2.56 bits per heavy atom. The average molecular weight is 308 g/mol. The summed E-state index contributed by atoms with van der Waals surface area (Å²) >= 11 is 3.35. The van der Waals surface area contributed by atoms with E-state index in [0.29, 0.717) is 11.6 Å². The van der Waals surface area contributed by atoms with Crippen LogP contribution >= 0.6 is 15.9 Å². The molecular formula is C13H10BrNO3. The van der Waals surface area contributed by atoms with Crippen LogP contribution in [0, 0.1) is 0 Å². The van der Waals surface area contributed by atoms with Gasteiger partial charge in [0, 0.05) is 16.0 Å². The summed E-state index contributed by atoms with van der Waals surface area (Å²) in [6.45, 7) is 0. The molecule has 4 nitrogen and oxygen atoms in total. The minimum Gasteiger partial charge on any atom is -0.475 e. The normalized spacial score (nSPS) is 14.7. The van der Waals surface area contributed by atoms with Crippen LogP contribution in [0.5, 0.6) is 0 Å². The Morgan fingerprint density at radius 1 is 1.33 bits per heavy atom. The highest BCUT2D eigenvalue weighted by molar-refractivity contribution is 9.10. The number of nitrogens with zero attached hydrogens (tertiary/aromatic N) is 1. The standard InChI is InChI=1S/C13H10BrNO3/c14-9-5-3-8(4-6-9)12-15-10(7-1-2-7)11(18-12)13(16)17/h3-7H,1-2H2,(H,16,17). The largest absolute Gasteiger partial charge is 0.475 e. The molecule has 5 heteroatoms. The van der Waals surface area contributed by atoms with Gasteiger partial charge in [-0.3, -0.25) is 0 Å². The molecule has 1 aromatic carbocycles. The second kappa shape index (κ2) is 4.24. The number of hydrogen-bond donors (Lipinski definition) is 1. The minimum atomic E-state index is -1.05. The van der Waals surface area contributed by atoms with E-state index >= 15 is 0 Å². The summed E-state index contributed by atoms with van der Waals surface area (Å²) in [4.78, 5) is 15.4. The molecule has 0 saturated heterocycles. The highest BCUT2D eigenvalue weighted by atomic mass is 79.9. The first-order valence-electron chi connectivity index (χ1n) is 5.65. The molecule has 0 atom stereocenters. The van der Waals surface area contributed by atoms with Crippen molar-refractivity contribution < 1.29 is 14.3 Å². The summed E-state index contributed by atoms with van der Waals surface area (Å²) in [5.41, 5.74) is 1.37. The quantitative estimate of drug-likeness (QED) is 0.939. The lowest BCUT2D eigenvalue weighted by atomic mass is 10.2. The average Bonchev–Trinajstić information content (AvgIpc) is 3.09. The molecule has 0 spiro atoms. The number of benzene rings is 1. The van der Waals surface area contributed by atoms with E-state index in [1.165, 1.54) is 0 Å². The molecule has 3 rings (SSSR count). The molecule has 1 saturated carbocycles. The molecule has 1 N–H and O–H groups in total. The van der Waals surface area contributed by atoms with Crippen molar-refractivity contribution in [2.45, 2.75) is 18.8 Å². The third-order valence-electron chi connectivity index (χ3n) is 2.90. The summed E-state index contributed by atoms with van der Waals surface area (Å²) < 4.78 is 6.33. The number of halogens is 1. The van der Waals surface area contributed by atoms with Gasteiger partial charge in [-0.2, -0.15) is 0 Å². The summed E-state index contributed by atoms with van der Waals surface area (Å²) in [6, 6.07) is 7.43. The highest BCUT2D eigenvalue weighted by Gasteiger charge is 2.33. The highest BCUT2D eigenvalue weighted by Crippen LogP contribution is 2.42. The zero-order valence-electron chi connectivity index (χ0n) is 9.39. The van der Waals surface area contributed by atoms with E-state index in [0.717, 1.165) is 22.9 Å². The second-order valence-corrected chi connectivity index (χ2v) is 5.24. The number of carbonyl (C=O) groups is 1. The molecular weight excluding hydrogens is 298 g/mol. The number of oxazole rings is 1.